The number of amides is 1. The van der Waals surface area contributed by atoms with Crippen molar-refractivity contribution in [2.45, 2.75) is 32.5 Å². The molecule has 1 heterocycles. The van der Waals surface area contributed by atoms with Crippen LogP contribution in [0, 0.1) is 0 Å². The van der Waals surface area contributed by atoms with Crippen molar-refractivity contribution in [3.63, 3.8) is 0 Å². The summed E-state index contributed by atoms with van der Waals surface area (Å²) >= 11 is 3.42. The van der Waals surface area contributed by atoms with E-state index in [1.807, 2.05) is 38.1 Å². The summed E-state index contributed by atoms with van der Waals surface area (Å²) in [6.07, 6.45) is 0.0387. The number of benzene rings is 3. The van der Waals surface area contributed by atoms with E-state index in [0.717, 1.165) is 11.3 Å². The van der Waals surface area contributed by atoms with Crippen LogP contribution in [0.15, 0.2) is 76.8 Å². The number of hydrogen-bond acceptors (Lipinski definition) is 6. The second-order valence-electron chi connectivity index (χ2n) is 8.86. The quantitative estimate of drug-likeness (QED) is 0.209. The predicted molar refractivity (Wildman–Crippen MR) is 144 cm³/mol. The van der Waals surface area contributed by atoms with Crippen molar-refractivity contribution >= 4 is 33.4 Å². The lowest BCUT2D eigenvalue weighted by atomic mass is 9.95. The highest BCUT2D eigenvalue weighted by Gasteiger charge is 2.46. The first-order valence-corrected chi connectivity index (χ1v) is 12.5. The number of likely N-dealkylation sites (tertiary alicyclic amines) is 1. The highest BCUT2D eigenvalue weighted by atomic mass is 79.9. The van der Waals surface area contributed by atoms with Gasteiger partial charge in [0.25, 0.3) is 11.7 Å². The number of ketones is 1. The van der Waals surface area contributed by atoms with Crippen LogP contribution in [0.4, 0.5) is 0 Å². The molecule has 3 aromatic carbocycles. The minimum atomic E-state index is -0.793. The van der Waals surface area contributed by atoms with Gasteiger partial charge in [0.15, 0.2) is 0 Å². The molecule has 1 N–H and O–H groups in total. The van der Waals surface area contributed by atoms with E-state index >= 15 is 0 Å². The average molecular weight is 566 g/mol. The van der Waals surface area contributed by atoms with Gasteiger partial charge in [0.2, 0.25) is 0 Å². The minimum absolute atomic E-state index is 0.0204. The fraction of sp³-hybridized carbons (Fsp3) is 0.241. The van der Waals surface area contributed by atoms with Crippen LogP contribution in [0.1, 0.15) is 36.6 Å². The van der Waals surface area contributed by atoms with Crippen molar-refractivity contribution in [2.24, 2.45) is 0 Å². The van der Waals surface area contributed by atoms with E-state index in [2.05, 4.69) is 15.9 Å². The van der Waals surface area contributed by atoms with E-state index in [0.29, 0.717) is 27.1 Å². The maximum absolute atomic E-state index is 13.3. The Morgan fingerprint density at radius 2 is 1.59 bits per heavy atom. The first-order valence-electron chi connectivity index (χ1n) is 11.7. The van der Waals surface area contributed by atoms with Crippen LogP contribution >= 0.6 is 15.9 Å². The molecule has 8 heteroatoms. The van der Waals surface area contributed by atoms with Gasteiger partial charge in [0, 0.05) is 12.1 Å². The Hall–Kier alpha value is -3.78. The summed E-state index contributed by atoms with van der Waals surface area (Å²) in [5, 5.41) is 11.3. The molecule has 0 aromatic heterocycles. The van der Waals surface area contributed by atoms with Crippen molar-refractivity contribution in [2.75, 3.05) is 14.2 Å². The van der Waals surface area contributed by atoms with Gasteiger partial charge >= 0.3 is 0 Å². The lowest BCUT2D eigenvalue weighted by Gasteiger charge is -2.26. The zero-order chi connectivity index (χ0) is 26.7. The number of nitrogens with zero attached hydrogens (tertiary/aromatic N) is 1. The van der Waals surface area contributed by atoms with Crippen LogP contribution in [-0.2, 0) is 16.1 Å². The zero-order valence-electron chi connectivity index (χ0n) is 21.0. The molecule has 1 aliphatic heterocycles. The number of rotatable bonds is 8. The highest BCUT2D eigenvalue weighted by Crippen LogP contribution is 2.41. The van der Waals surface area contributed by atoms with Gasteiger partial charge in [-0.2, -0.15) is 0 Å². The third-order valence-corrected chi connectivity index (χ3v) is 6.66. The largest absolute Gasteiger partial charge is 0.507 e. The van der Waals surface area contributed by atoms with Crippen LogP contribution in [0.25, 0.3) is 5.76 Å². The number of methoxy groups -OCH3 is 2. The topological polar surface area (TPSA) is 85.3 Å². The normalized spacial score (nSPS) is 16.8. The summed E-state index contributed by atoms with van der Waals surface area (Å²) in [7, 11) is 3.10. The molecule has 1 unspecified atom stereocenters. The Morgan fingerprint density at radius 3 is 2.16 bits per heavy atom. The number of aliphatic hydroxyl groups excluding tert-OH is 1. The molecule has 7 nitrogen and oxygen atoms in total. The van der Waals surface area contributed by atoms with E-state index in [-0.39, 0.29) is 24.0 Å². The smallest absolute Gasteiger partial charge is 0.295 e. The molecular weight excluding hydrogens is 538 g/mol. The fourth-order valence-electron chi connectivity index (χ4n) is 4.29. The van der Waals surface area contributed by atoms with Crippen molar-refractivity contribution in [3.05, 3.63) is 93.5 Å². The minimum Gasteiger partial charge on any atom is -0.507 e. The molecule has 0 aliphatic carbocycles. The molecule has 192 valence electrons. The van der Waals surface area contributed by atoms with Crippen LogP contribution in [0.2, 0.25) is 0 Å². The van der Waals surface area contributed by atoms with E-state index in [1.165, 1.54) is 12.0 Å². The number of ether oxygens (including phenoxy) is 3. The lowest BCUT2D eigenvalue weighted by molar-refractivity contribution is -0.140. The Kier molecular flexibility index (Phi) is 7.88. The molecule has 1 amide bonds. The fourth-order valence-corrected chi connectivity index (χ4v) is 4.83. The first-order chi connectivity index (χ1) is 17.7. The van der Waals surface area contributed by atoms with Crippen LogP contribution in [-0.4, -0.2) is 42.0 Å². The third-order valence-electron chi connectivity index (χ3n) is 6.04. The Bertz CT molecular complexity index is 1330. The maximum atomic E-state index is 13.3. The number of carbonyl (C=O) groups is 2. The first kappa shape index (κ1) is 26.3. The van der Waals surface area contributed by atoms with Crippen molar-refractivity contribution in [1.29, 1.82) is 0 Å². The summed E-state index contributed by atoms with van der Waals surface area (Å²) in [5.74, 6) is 0.250. The van der Waals surface area contributed by atoms with E-state index in [9.17, 15) is 14.7 Å². The standard InChI is InChI=1S/C29H28BrNO6/c1-17(2)37-22-10-5-18(6-11-22)16-31-26(19-7-12-21(35-3)13-8-19)25(28(33)29(31)34)27(32)20-9-14-24(36-4)23(30)15-20/h5-15,17,26,32H,16H2,1-4H3/b27-25-. The summed E-state index contributed by atoms with van der Waals surface area (Å²) in [5.41, 5.74) is 1.91. The van der Waals surface area contributed by atoms with Gasteiger partial charge in [-0.25, -0.2) is 0 Å². The number of carbonyl (C=O) groups excluding carboxylic acids is 2. The third kappa shape index (κ3) is 5.49. The van der Waals surface area contributed by atoms with Gasteiger partial charge in [0.05, 0.1) is 36.4 Å². The van der Waals surface area contributed by atoms with Gasteiger partial charge in [-0.05, 0) is 83.4 Å². The molecule has 3 aromatic rings. The lowest BCUT2D eigenvalue weighted by Crippen LogP contribution is -2.29. The Balaban J connectivity index is 1.78. The second-order valence-corrected chi connectivity index (χ2v) is 9.71. The zero-order valence-corrected chi connectivity index (χ0v) is 22.6. The average Bonchev–Trinajstić information content (AvgIpc) is 3.14. The molecule has 1 fully saturated rings. The van der Waals surface area contributed by atoms with Gasteiger partial charge in [-0.3, -0.25) is 9.59 Å². The van der Waals surface area contributed by atoms with Crippen molar-refractivity contribution in [1.82, 2.24) is 4.90 Å². The van der Waals surface area contributed by atoms with Gasteiger partial charge < -0.3 is 24.2 Å². The summed E-state index contributed by atoms with van der Waals surface area (Å²) < 4.78 is 16.9. The molecule has 37 heavy (non-hydrogen) atoms. The van der Waals surface area contributed by atoms with E-state index in [1.54, 1.807) is 49.6 Å². The maximum Gasteiger partial charge on any atom is 0.295 e. The number of halogens is 1. The van der Waals surface area contributed by atoms with E-state index in [4.69, 9.17) is 14.2 Å². The molecular formula is C29H28BrNO6. The van der Waals surface area contributed by atoms with E-state index < -0.39 is 17.7 Å². The summed E-state index contributed by atoms with van der Waals surface area (Å²) in [6.45, 7) is 4.07. The molecule has 1 saturated heterocycles. The molecule has 0 spiro atoms. The number of aliphatic hydroxyl groups is 1. The monoisotopic (exact) mass is 565 g/mol. The number of Topliss-reactive ketones (excluding diaryl/α,β-unsaturated/α-hetero) is 1. The molecule has 1 atom stereocenters. The van der Waals surface area contributed by atoms with Crippen molar-refractivity contribution in [3.8, 4) is 17.2 Å². The van der Waals surface area contributed by atoms with Crippen molar-refractivity contribution < 1.29 is 28.9 Å². The highest BCUT2D eigenvalue weighted by molar-refractivity contribution is 9.10. The summed E-state index contributed by atoms with van der Waals surface area (Å²) in [4.78, 5) is 28.1. The van der Waals surface area contributed by atoms with Crippen LogP contribution < -0.4 is 14.2 Å². The predicted octanol–water partition coefficient (Wildman–Crippen LogP) is 5.88. The molecule has 0 radical (unpaired) electrons. The second kappa shape index (κ2) is 11.1. The van der Waals surface area contributed by atoms with Gasteiger partial charge in [-0.15, -0.1) is 0 Å². The molecule has 1 aliphatic rings. The SMILES string of the molecule is COc1ccc(C2/C(=C(/O)c3ccc(OC)c(Br)c3)C(=O)C(=O)N2Cc2ccc(OC(C)C)cc2)cc1. The Morgan fingerprint density at radius 1 is 0.946 bits per heavy atom. The summed E-state index contributed by atoms with van der Waals surface area (Å²) in [6, 6.07) is 18.7. The molecule has 0 saturated carbocycles. The van der Waals surface area contributed by atoms with Gasteiger partial charge in [0.1, 0.15) is 23.0 Å². The Labute approximate surface area is 224 Å². The number of hydrogen-bond donors (Lipinski definition) is 1. The van der Waals surface area contributed by atoms with Gasteiger partial charge in [-0.1, -0.05) is 24.3 Å². The molecule has 4 rings (SSSR count). The van der Waals surface area contributed by atoms with Crippen LogP contribution in [0.5, 0.6) is 17.2 Å². The van der Waals surface area contributed by atoms with Crippen LogP contribution in [0.3, 0.4) is 0 Å². The molecule has 0 bridgehead atoms.